The van der Waals surface area contributed by atoms with Gasteiger partial charge in [-0.3, -0.25) is 9.69 Å². The summed E-state index contributed by atoms with van der Waals surface area (Å²) in [6, 6.07) is 0.165. The molecule has 17 heavy (non-hydrogen) atoms. The van der Waals surface area contributed by atoms with Gasteiger partial charge in [-0.2, -0.15) is 0 Å². The van der Waals surface area contributed by atoms with Gasteiger partial charge in [0.15, 0.2) is 0 Å². The van der Waals surface area contributed by atoms with Crippen molar-refractivity contribution in [2.24, 2.45) is 0 Å². The van der Waals surface area contributed by atoms with Crippen LogP contribution in [0.4, 0.5) is 0 Å². The summed E-state index contributed by atoms with van der Waals surface area (Å²) in [5.74, 6) is -0.666. The third-order valence-corrected chi connectivity index (χ3v) is 4.02. The maximum atomic E-state index is 11.1. The topological polar surface area (TPSA) is 64.0 Å². The van der Waals surface area contributed by atoms with E-state index in [1.54, 1.807) is 0 Å². The number of hydrogen-bond donors (Lipinski definition) is 2. The van der Waals surface area contributed by atoms with E-state index in [9.17, 15) is 4.79 Å². The summed E-state index contributed by atoms with van der Waals surface area (Å²) in [5, 5.41) is 18.0. The van der Waals surface area contributed by atoms with E-state index in [1.165, 1.54) is 0 Å². The Hall–Kier alpha value is -0.650. The lowest BCUT2D eigenvalue weighted by Gasteiger charge is -2.38. The molecule has 0 aromatic heterocycles. The molecule has 0 aromatic rings. The minimum Gasteiger partial charge on any atom is -0.480 e. The Kier molecular flexibility index (Phi) is 4.36. The predicted octanol–water partition coefficient (Wildman–Crippen LogP) is -0.00790. The van der Waals surface area contributed by atoms with Gasteiger partial charge < -0.3 is 15.1 Å². The monoisotopic (exact) mass is 242 g/mol. The molecule has 2 aliphatic rings. The number of nitrogens with zero attached hydrogens (tertiary/aromatic N) is 2. The summed E-state index contributed by atoms with van der Waals surface area (Å²) in [4.78, 5) is 15.6. The fourth-order valence-corrected chi connectivity index (χ4v) is 3.11. The number of piperidine rings is 1. The minimum absolute atomic E-state index is 0.214. The van der Waals surface area contributed by atoms with Crippen molar-refractivity contribution >= 4 is 5.97 Å². The number of aliphatic hydroxyl groups excluding tert-OH is 1. The molecular formula is C12H22N2O3. The second kappa shape index (κ2) is 5.80. The van der Waals surface area contributed by atoms with Crippen molar-refractivity contribution in [3.8, 4) is 0 Å². The molecular weight excluding hydrogens is 220 g/mol. The number of aliphatic hydroxyl groups is 1. The Morgan fingerprint density at radius 3 is 2.47 bits per heavy atom. The molecule has 5 heteroatoms. The van der Waals surface area contributed by atoms with Gasteiger partial charge in [-0.15, -0.1) is 0 Å². The number of rotatable bonds is 4. The lowest BCUT2D eigenvalue weighted by Crippen LogP contribution is -2.49. The number of likely N-dealkylation sites (tertiary alicyclic amines) is 2. The molecule has 2 rings (SSSR count). The van der Waals surface area contributed by atoms with Crippen molar-refractivity contribution in [3.05, 3.63) is 0 Å². The number of aliphatic carboxylic acids is 1. The molecule has 2 aliphatic heterocycles. The van der Waals surface area contributed by atoms with Crippen LogP contribution < -0.4 is 0 Å². The average Bonchev–Trinajstić information content (AvgIpc) is 2.79. The van der Waals surface area contributed by atoms with Crippen molar-refractivity contribution in [1.29, 1.82) is 0 Å². The molecule has 2 fully saturated rings. The van der Waals surface area contributed by atoms with Crippen LogP contribution in [-0.4, -0.2) is 70.9 Å². The summed E-state index contributed by atoms with van der Waals surface area (Å²) in [6.45, 7) is 3.85. The van der Waals surface area contributed by atoms with Crippen LogP contribution in [0.3, 0.4) is 0 Å². The molecule has 0 radical (unpaired) electrons. The molecule has 2 saturated heterocycles. The van der Waals surface area contributed by atoms with Gasteiger partial charge in [-0.1, -0.05) is 0 Å². The summed E-state index contributed by atoms with van der Waals surface area (Å²) >= 11 is 0. The van der Waals surface area contributed by atoms with Crippen LogP contribution in [0.1, 0.15) is 25.7 Å². The smallest absolute Gasteiger partial charge is 0.320 e. The number of hydrogen-bond acceptors (Lipinski definition) is 4. The molecule has 2 N–H and O–H groups in total. The average molecular weight is 242 g/mol. The van der Waals surface area contributed by atoms with E-state index in [0.29, 0.717) is 6.04 Å². The van der Waals surface area contributed by atoms with Crippen LogP contribution in [0, 0.1) is 0 Å². The van der Waals surface area contributed by atoms with Crippen molar-refractivity contribution in [2.45, 2.75) is 37.8 Å². The molecule has 0 aromatic carbocycles. The van der Waals surface area contributed by atoms with Crippen LogP contribution >= 0.6 is 0 Å². The maximum Gasteiger partial charge on any atom is 0.320 e. The SMILES string of the molecule is O=C(O)C1CCCN1C1CCN(CCO)CC1. The molecule has 0 aliphatic carbocycles. The standard InChI is InChI=1S/C12H22N2O3/c15-9-8-13-6-3-10(4-7-13)14-5-1-2-11(14)12(16)17/h10-11,15H,1-9H2,(H,16,17). The molecule has 98 valence electrons. The molecule has 0 saturated carbocycles. The van der Waals surface area contributed by atoms with Crippen LogP contribution in [0.25, 0.3) is 0 Å². The Morgan fingerprint density at radius 2 is 1.88 bits per heavy atom. The quantitative estimate of drug-likeness (QED) is 0.726. The molecule has 0 spiro atoms. The van der Waals surface area contributed by atoms with Gasteiger partial charge in [0.2, 0.25) is 0 Å². The fourth-order valence-electron chi connectivity index (χ4n) is 3.11. The Labute approximate surface area is 102 Å². The largest absolute Gasteiger partial charge is 0.480 e. The van der Waals surface area contributed by atoms with Gasteiger partial charge in [0, 0.05) is 12.6 Å². The van der Waals surface area contributed by atoms with E-state index < -0.39 is 5.97 Å². The molecule has 1 atom stereocenters. The molecule has 2 heterocycles. The Bertz CT molecular complexity index is 264. The third-order valence-electron chi connectivity index (χ3n) is 4.02. The van der Waals surface area contributed by atoms with Crippen LogP contribution in [0.15, 0.2) is 0 Å². The highest BCUT2D eigenvalue weighted by atomic mass is 16.4. The van der Waals surface area contributed by atoms with E-state index >= 15 is 0 Å². The lowest BCUT2D eigenvalue weighted by molar-refractivity contribution is -0.143. The second-order valence-corrected chi connectivity index (χ2v) is 5.03. The van der Waals surface area contributed by atoms with E-state index in [0.717, 1.165) is 51.9 Å². The summed E-state index contributed by atoms with van der Waals surface area (Å²) < 4.78 is 0. The molecule has 0 amide bonds. The number of carbonyl (C=O) groups is 1. The van der Waals surface area contributed by atoms with Crippen LogP contribution in [-0.2, 0) is 4.79 Å². The van der Waals surface area contributed by atoms with Crippen molar-refractivity contribution in [1.82, 2.24) is 9.80 Å². The van der Waals surface area contributed by atoms with Crippen LogP contribution in [0.2, 0.25) is 0 Å². The Balaban J connectivity index is 1.85. The zero-order chi connectivity index (χ0) is 12.3. The van der Waals surface area contributed by atoms with Crippen molar-refractivity contribution in [3.63, 3.8) is 0 Å². The zero-order valence-electron chi connectivity index (χ0n) is 10.2. The van der Waals surface area contributed by atoms with E-state index in [4.69, 9.17) is 10.2 Å². The minimum atomic E-state index is -0.666. The zero-order valence-corrected chi connectivity index (χ0v) is 10.2. The van der Waals surface area contributed by atoms with E-state index in [1.807, 2.05) is 0 Å². The van der Waals surface area contributed by atoms with Gasteiger partial charge >= 0.3 is 5.97 Å². The summed E-state index contributed by atoms with van der Waals surface area (Å²) in [7, 11) is 0. The number of carboxylic acids is 1. The summed E-state index contributed by atoms with van der Waals surface area (Å²) in [5.41, 5.74) is 0. The Morgan fingerprint density at radius 1 is 1.18 bits per heavy atom. The van der Waals surface area contributed by atoms with Gasteiger partial charge in [-0.25, -0.2) is 0 Å². The van der Waals surface area contributed by atoms with Gasteiger partial charge in [-0.05, 0) is 45.3 Å². The van der Waals surface area contributed by atoms with E-state index in [-0.39, 0.29) is 12.6 Å². The number of β-amino-alcohol motifs (C(OH)–C–C–N with tert-alkyl or cyclic N) is 1. The van der Waals surface area contributed by atoms with Crippen molar-refractivity contribution < 1.29 is 15.0 Å². The molecule has 1 unspecified atom stereocenters. The first kappa shape index (κ1) is 12.8. The first-order valence-electron chi connectivity index (χ1n) is 6.54. The van der Waals surface area contributed by atoms with Gasteiger partial charge in [0.25, 0.3) is 0 Å². The van der Waals surface area contributed by atoms with Gasteiger partial charge in [0.05, 0.1) is 6.61 Å². The number of carboxylic acid groups (broad SMARTS) is 1. The normalized spacial score (nSPS) is 28.6. The lowest BCUT2D eigenvalue weighted by atomic mass is 10.0. The predicted molar refractivity (Wildman–Crippen MR) is 63.9 cm³/mol. The van der Waals surface area contributed by atoms with Gasteiger partial charge in [0.1, 0.15) is 6.04 Å². The summed E-state index contributed by atoms with van der Waals surface area (Å²) in [6.07, 6.45) is 3.87. The van der Waals surface area contributed by atoms with Crippen molar-refractivity contribution in [2.75, 3.05) is 32.8 Å². The van der Waals surface area contributed by atoms with E-state index in [2.05, 4.69) is 9.80 Å². The van der Waals surface area contributed by atoms with Crippen LogP contribution in [0.5, 0.6) is 0 Å². The fraction of sp³-hybridized carbons (Fsp3) is 0.917. The second-order valence-electron chi connectivity index (χ2n) is 5.03. The molecule has 0 bridgehead atoms. The first-order valence-corrected chi connectivity index (χ1v) is 6.54. The highest BCUT2D eigenvalue weighted by Crippen LogP contribution is 2.25. The highest BCUT2D eigenvalue weighted by Gasteiger charge is 2.36. The third kappa shape index (κ3) is 2.97. The molecule has 5 nitrogen and oxygen atoms in total. The first-order chi connectivity index (χ1) is 8.22. The highest BCUT2D eigenvalue weighted by molar-refractivity contribution is 5.73. The maximum absolute atomic E-state index is 11.1.